The van der Waals surface area contributed by atoms with Gasteiger partial charge < -0.3 is 24.7 Å². The van der Waals surface area contributed by atoms with Crippen molar-refractivity contribution in [3.63, 3.8) is 0 Å². The number of hydrogen-bond acceptors (Lipinski definition) is 5. The first-order valence-electron chi connectivity index (χ1n) is 8.44. The average molecular weight is 344 g/mol. The van der Waals surface area contributed by atoms with E-state index in [2.05, 4.69) is 30.4 Å². The van der Waals surface area contributed by atoms with Crippen molar-refractivity contribution >= 4 is 11.6 Å². The molecule has 0 radical (unpaired) electrons. The second kappa shape index (κ2) is 7.87. The van der Waals surface area contributed by atoms with Crippen molar-refractivity contribution in [2.24, 2.45) is 4.99 Å². The lowest BCUT2D eigenvalue weighted by atomic mass is 10.2. The van der Waals surface area contributed by atoms with Gasteiger partial charge in [-0.3, -0.25) is 4.99 Å². The molecule has 1 aliphatic rings. The maximum absolute atomic E-state index is 5.54. The number of methoxy groups -OCH3 is 1. The van der Waals surface area contributed by atoms with Crippen molar-refractivity contribution in [2.75, 3.05) is 26.1 Å². The number of ether oxygens (including phenoxy) is 2. The van der Waals surface area contributed by atoms with Crippen LogP contribution in [0.5, 0.6) is 11.5 Å². The molecule has 8 nitrogen and oxygen atoms in total. The van der Waals surface area contributed by atoms with E-state index in [1.165, 1.54) is 0 Å². The molecule has 0 saturated carbocycles. The Morgan fingerprint density at radius 3 is 2.96 bits per heavy atom. The molecule has 0 spiro atoms. The van der Waals surface area contributed by atoms with Crippen LogP contribution in [0.15, 0.2) is 23.2 Å². The number of fused-ring (bicyclic) bond motifs is 1. The number of aromatic nitrogens is 3. The van der Waals surface area contributed by atoms with Gasteiger partial charge in [0.15, 0.2) is 23.3 Å². The van der Waals surface area contributed by atoms with Crippen LogP contribution in [0.4, 0.5) is 5.69 Å². The number of aryl methyl sites for hydroxylation is 1. The van der Waals surface area contributed by atoms with E-state index < -0.39 is 0 Å². The lowest BCUT2D eigenvalue weighted by molar-refractivity contribution is 0.311. The van der Waals surface area contributed by atoms with E-state index in [0.717, 1.165) is 42.5 Å². The van der Waals surface area contributed by atoms with Gasteiger partial charge in [0, 0.05) is 31.8 Å². The summed E-state index contributed by atoms with van der Waals surface area (Å²) in [5.74, 6) is 4.05. The van der Waals surface area contributed by atoms with Crippen LogP contribution in [-0.2, 0) is 19.5 Å². The van der Waals surface area contributed by atoms with E-state index in [-0.39, 0.29) is 0 Å². The van der Waals surface area contributed by atoms with Crippen LogP contribution in [0.1, 0.15) is 25.0 Å². The third-order valence-electron chi connectivity index (χ3n) is 4.05. The molecule has 0 fully saturated rings. The fourth-order valence-corrected chi connectivity index (χ4v) is 2.84. The summed E-state index contributed by atoms with van der Waals surface area (Å²) >= 11 is 0. The minimum atomic E-state index is 0.570. The number of rotatable bonds is 6. The molecular formula is C17H24N6O2. The van der Waals surface area contributed by atoms with E-state index >= 15 is 0 Å². The first-order chi connectivity index (χ1) is 12.2. The Kier molecular flexibility index (Phi) is 5.37. The van der Waals surface area contributed by atoms with Crippen LogP contribution in [-0.4, -0.2) is 41.5 Å². The van der Waals surface area contributed by atoms with Gasteiger partial charge in [-0.2, -0.15) is 0 Å². The summed E-state index contributed by atoms with van der Waals surface area (Å²) in [6.45, 7) is 4.09. The van der Waals surface area contributed by atoms with Gasteiger partial charge >= 0.3 is 0 Å². The normalized spacial score (nSPS) is 13.5. The van der Waals surface area contributed by atoms with Gasteiger partial charge in [0.25, 0.3) is 0 Å². The number of anilines is 1. The highest BCUT2D eigenvalue weighted by atomic mass is 16.5. The molecule has 134 valence electrons. The van der Waals surface area contributed by atoms with E-state index in [4.69, 9.17) is 9.47 Å². The molecule has 2 heterocycles. The van der Waals surface area contributed by atoms with Crippen molar-refractivity contribution in [3.8, 4) is 11.5 Å². The first-order valence-corrected chi connectivity index (χ1v) is 8.44. The van der Waals surface area contributed by atoms with E-state index in [0.29, 0.717) is 24.9 Å². The van der Waals surface area contributed by atoms with Crippen LogP contribution in [0.2, 0.25) is 0 Å². The third kappa shape index (κ3) is 3.84. The second-order valence-corrected chi connectivity index (χ2v) is 5.64. The van der Waals surface area contributed by atoms with Crippen molar-refractivity contribution in [1.82, 2.24) is 20.1 Å². The molecule has 1 aliphatic heterocycles. The Morgan fingerprint density at radius 1 is 1.32 bits per heavy atom. The summed E-state index contributed by atoms with van der Waals surface area (Å²) in [5.41, 5.74) is 0.861. The maximum Gasteiger partial charge on any atom is 0.195 e. The summed E-state index contributed by atoms with van der Waals surface area (Å²) in [4.78, 5) is 4.26. The highest BCUT2D eigenvalue weighted by Gasteiger charge is 2.17. The largest absolute Gasteiger partial charge is 0.493 e. The number of benzene rings is 1. The lowest BCUT2D eigenvalue weighted by Gasteiger charge is -2.14. The SMILES string of the molecule is CCOc1ccc(NC(=NC)NCc2nnc3n2CCC3)cc1OC. The fraction of sp³-hybridized carbons (Fsp3) is 0.471. The number of hydrogen-bond donors (Lipinski definition) is 2. The van der Waals surface area contributed by atoms with Crippen LogP contribution < -0.4 is 20.1 Å². The maximum atomic E-state index is 5.54. The molecule has 0 unspecified atom stereocenters. The minimum absolute atomic E-state index is 0.570. The molecule has 0 bridgehead atoms. The molecule has 1 aromatic heterocycles. The van der Waals surface area contributed by atoms with Crippen molar-refractivity contribution < 1.29 is 9.47 Å². The van der Waals surface area contributed by atoms with Gasteiger partial charge in [-0.1, -0.05) is 0 Å². The summed E-state index contributed by atoms with van der Waals surface area (Å²) < 4.78 is 13.1. The number of nitrogens with one attached hydrogen (secondary N) is 2. The highest BCUT2D eigenvalue weighted by Crippen LogP contribution is 2.30. The standard InChI is InChI=1S/C17H24N6O2/c1-4-25-13-8-7-12(10-14(13)24-3)20-17(18-2)19-11-16-22-21-15-6-5-9-23(15)16/h7-8,10H,4-6,9,11H2,1-3H3,(H2,18,19,20). The zero-order chi connectivity index (χ0) is 17.6. The molecule has 25 heavy (non-hydrogen) atoms. The van der Waals surface area contributed by atoms with E-state index in [1.54, 1.807) is 14.2 Å². The molecule has 0 amide bonds. The van der Waals surface area contributed by atoms with Crippen molar-refractivity contribution in [2.45, 2.75) is 32.9 Å². The van der Waals surface area contributed by atoms with Gasteiger partial charge in [-0.15, -0.1) is 10.2 Å². The predicted molar refractivity (Wildman–Crippen MR) is 96.3 cm³/mol. The van der Waals surface area contributed by atoms with E-state index in [1.807, 2.05) is 25.1 Å². The molecule has 2 aromatic rings. The molecule has 8 heteroatoms. The van der Waals surface area contributed by atoms with Crippen molar-refractivity contribution in [3.05, 3.63) is 29.8 Å². The molecule has 1 aromatic carbocycles. The van der Waals surface area contributed by atoms with Crippen LogP contribution >= 0.6 is 0 Å². The second-order valence-electron chi connectivity index (χ2n) is 5.64. The molecule has 0 saturated heterocycles. The molecule has 3 rings (SSSR count). The van der Waals surface area contributed by atoms with Gasteiger partial charge in [-0.05, 0) is 25.5 Å². The highest BCUT2D eigenvalue weighted by molar-refractivity contribution is 5.93. The smallest absolute Gasteiger partial charge is 0.195 e. The Labute approximate surface area is 147 Å². The average Bonchev–Trinajstić information content (AvgIpc) is 3.24. The van der Waals surface area contributed by atoms with E-state index in [9.17, 15) is 0 Å². The summed E-state index contributed by atoms with van der Waals surface area (Å²) in [5, 5.41) is 15.0. The molecule has 0 aliphatic carbocycles. The van der Waals surface area contributed by atoms with Gasteiger partial charge in [-0.25, -0.2) is 0 Å². The Morgan fingerprint density at radius 2 is 2.20 bits per heavy atom. The van der Waals surface area contributed by atoms with Crippen molar-refractivity contribution in [1.29, 1.82) is 0 Å². The van der Waals surface area contributed by atoms with Crippen LogP contribution in [0.25, 0.3) is 0 Å². The Bertz CT molecular complexity index is 756. The minimum Gasteiger partial charge on any atom is -0.493 e. The van der Waals surface area contributed by atoms with Gasteiger partial charge in [0.1, 0.15) is 5.82 Å². The van der Waals surface area contributed by atoms with Gasteiger partial charge in [0.2, 0.25) is 0 Å². The number of guanidine groups is 1. The molecule has 0 atom stereocenters. The monoisotopic (exact) mass is 344 g/mol. The first kappa shape index (κ1) is 17.1. The predicted octanol–water partition coefficient (Wildman–Crippen LogP) is 1.82. The van der Waals surface area contributed by atoms with Gasteiger partial charge in [0.05, 0.1) is 20.3 Å². The molecular weight excluding hydrogens is 320 g/mol. The van der Waals surface area contributed by atoms with Crippen LogP contribution in [0.3, 0.4) is 0 Å². The summed E-state index contributed by atoms with van der Waals surface area (Å²) in [6, 6.07) is 5.69. The topological polar surface area (TPSA) is 85.6 Å². The Balaban J connectivity index is 1.64. The number of aliphatic imine (C=N–C) groups is 1. The number of nitrogens with zero attached hydrogens (tertiary/aromatic N) is 4. The zero-order valence-electron chi connectivity index (χ0n) is 14.9. The Hall–Kier alpha value is -2.77. The fourth-order valence-electron chi connectivity index (χ4n) is 2.84. The summed E-state index contributed by atoms with van der Waals surface area (Å²) in [7, 11) is 3.36. The lowest BCUT2D eigenvalue weighted by Crippen LogP contribution is -2.31. The zero-order valence-corrected chi connectivity index (χ0v) is 14.9. The summed E-state index contributed by atoms with van der Waals surface area (Å²) in [6.07, 6.45) is 2.14. The third-order valence-corrected chi connectivity index (χ3v) is 4.05. The molecule has 2 N–H and O–H groups in total. The van der Waals surface area contributed by atoms with Crippen LogP contribution in [0, 0.1) is 0 Å². The quantitative estimate of drug-likeness (QED) is 0.614.